The maximum atomic E-state index is 12.9. The minimum atomic E-state index is -0.417. The molecule has 0 amide bonds. The van der Waals surface area contributed by atoms with E-state index in [9.17, 15) is 14.9 Å². The van der Waals surface area contributed by atoms with Gasteiger partial charge in [0, 0.05) is 40.6 Å². The van der Waals surface area contributed by atoms with Crippen LogP contribution in [0.25, 0.3) is 0 Å². The number of anilines is 1. The van der Waals surface area contributed by atoms with Gasteiger partial charge in [0.2, 0.25) is 11.1 Å². The highest BCUT2D eigenvalue weighted by Crippen LogP contribution is 2.41. The number of non-ortho nitro benzene ring substituents is 1. The number of hydrogen-bond acceptors (Lipinski definition) is 7. The summed E-state index contributed by atoms with van der Waals surface area (Å²) < 4.78 is 1.76. The number of nitrogens with zero attached hydrogens (tertiary/aromatic N) is 4. The highest BCUT2D eigenvalue weighted by molar-refractivity contribution is 7.98. The number of hydrogen-bond donors (Lipinski definition) is 1. The first-order valence-corrected chi connectivity index (χ1v) is 11.5. The SMILES string of the molecule is O=C1CCCC2=C1C(c1cccc(Cl)c1)n1nc(SCc3ccc([N+](=O)[O-])cc3)nc1N2. The smallest absolute Gasteiger partial charge is 0.269 e. The zero-order valence-electron chi connectivity index (χ0n) is 16.8. The molecule has 1 atom stereocenters. The van der Waals surface area contributed by atoms with Crippen LogP contribution in [-0.2, 0) is 10.5 Å². The highest BCUT2D eigenvalue weighted by Gasteiger charge is 2.36. The number of halogens is 1. The van der Waals surface area contributed by atoms with Crippen LogP contribution in [0.3, 0.4) is 0 Å². The third kappa shape index (κ3) is 3.89. The maximum Gasteiger partial charge on any atom is 0.269 e. The molecular weight excluding hydrogens is 450 g/mol. The molecule has 1 unspecified atom stereocenters. The Labute approximate surface area is 192 Å². The van der Waals surface area contributed by atoms with E-state index in [4.69, 9.17) is 16.7 Å². The van der Waals surface area contributed by atoms with Gasteiger partial charge in [0.05, 0.1) is 4.92 Å². The Bertz CT molecular complexity index is 1250. The van der Waals surface area contributed by atoms with Crippen molar-refractivity contribution in [2.24, 2.45) is 0 Å². The number of nitro benzene ring substituents is 1. The minimum Gasteiger partial charge on any atom is -0.328 e. The number of allylic oxidation sites excluding steroid dienone is 2. The van der Waals surface area contributed by atoms with Crippen molar-refractivity contribution in [2.45, 2.75) is 36.2 Å². The number of aromatic nitrogens is 3. The van der Waals surface area contributed by atoms with Crippen molar-refractivity contribution >= 4 is 40.8 Å². The lowest BCUT2D eigenvalue weighted by Gasteiger charge is -2.32. The minimum absolute atomic E-state index is 0.0595. The van der Waals surface area contributed by atoms with Gasteiger partial charge in [-0.1, -0.05) is 47.6 Å². The van der Waals surface area contributed by atoms with E-state index in [1.165, 1.54) is 23.9 Å². The zero-order chi connectivity index (χ0) is 22.2. The van der Waals surface area contributed by atoms with E-state index in [1.54, 1.807) is 22.9 Å². The Morgan fingerprint density at radius 1 is 1.22 bits per heavy atom. The van der Waals surface area contributed by atoms with Crippen molar-refractivity contribution in [1.29, 1.82) is 0 Å². The van der Waals surface area contributed by atoms with Crippen LogP contribution in [0.2, 0.25) is 5.02 Å². The van der Waals surface area contributed by atoms with Crippen molar-refractivity contribution < 1.29 is 9.72 Å². The van der Waals surface area contributed by atoms with Gasteiger partial charge in [0.1, 0.15) is 6.04 Å². The average molecular weight is 468 g/mol. The van der Waals surface area contributed by atoms with Crippen LogP contribution in [0, 0.1) is 10.1 Å². The summed E-state index contributed by atoms with van der Waals surface area (Å²) in [6, 6.07) is 13.5. The van der Waals surface area contributed by atoms with Gasteiger partial charge in [-0.2, -0.15) is 4.98 Å². The third-order valence-corrected chi connectivity index (χ3v) is 6.67. The number of nitrogens with one attached hydrogen (secondary N) is 1. The van der Waals surface area contributed by atoms with Crippen LogP contribution in [0.15, 0.2) is 65.0 Å². The fraction of sp³-hybridized carbons (Fsp3) is 0.227. The molecule has 2 aliphatic rings. The van der Waals surface area contributed by atoms with Crippen LogP contribution >= 0.6 is 23.4 Å². The molecule has 2 heterocycles. The number of Topliss-reactive ketones (excluding diaryl/α,β-unsaturated/α-hetero) is 1. The molecule has 0 fully saturated rings. The number of carbonyl (C=O) groups excluding carboxylic acids is 1. The predicted octanol–water partition coefficient (Wildman–Crippen LogP) is 5.15. The zero-order valence-corrected chi connectivity index (χ0v) is 18.4. The van der Waals surface area contributed by atoms with Crippen LogP contribution in [-0.4, -0.2) is 25.5 Å². The fourth-order valence-electron chi connectivity index (χ4n) is 4.04. The molecule has 0 saturated carbocycles. The number of carbonyl (C=O) groups is 1. The number of thioether (sulfide) groups is 1. The van der Waals surface area contributed by atoms with E-state index < -0.39 is 4.92 Å². The van der Waals surface area contributed by atoms with Gasteiger partial charge in [-0.3, -0.25) is 14.9 Å². The van der Waals surface area contributed by atoms with Crippen LogP contribution in [0.4, 0.5) is 11.6 Å². The second-order valence-electron chi connectivity index (χ2n) is 7.63. The van der Waals surface area contributed by atoms with Crippen molar-refractivity contribution in [3.63, 3.8) is 0 Å². The number of ketones is 1. The normalized spacial score (nSPS) is 17.5. The maximum absolute atomic E-state index is 12.9. The summed E-state index contributed by atoms with van der Waals surface area (Å²) >= 11 is 7.68. The Morgan fingerprint density at radius 3 is 2.78 bits per heavy atom. The Hall–Kier alpha value is -3.17. The van der Waals surface area contributed by atoms with Gasteiger partial charge < -0.3 is 5.32 Å². The first-order chi connectivity index (χ1) is 15.5. The topological polar surface area (TPSA) is 103 Å². The van der Waals surface area contributed by atoms with E-state index in [2.05, 4.69) is 10.3 Å². The molecule has 1 aromatic heterocycles. The van der Waals surface area contributed by atoms with E-state index in [0.717, 1.165) is 35.2 Å². The lowest BCUT2D eigenvalue weighted by atomic mass is 9.85. The van der Waals surface area contributed by atoms with Gasteiger partial charge in [0.15, 0.2) is 5.78 Å². The van der Waals surface area contributed by atoms with Gasteiger partial charge >= 0.3 is 0 Å². The van der Waals surface area contributed by atoms with Crippen LogP contribution < -0.4 is 5.32 Å². The first kappa shape index (κ1) is 20.7. The largest absolute Gasteiger partial charge is 0.328 e. The monoisotopic (exact) mass is 467 g/mol. The molecule has 2 aromatic carbocycles. The van der Waals surface area contributed by atoms with Crippen molar-refractivity contribution in [1.82, 2.24) is 14.8 Å². The van der Waals surface area contributed by atoms with E-state index in [-0.39, 0.29) is 17.5 Å². The third-order valence-electron chi connectivity index (χ3n) is 5.53. The summed E-state index contributed by atoms with van der Waals surface area (Å²) in [4.78, 5) is 27.9. The summed E-state index contributed by atoms with van der Waals surface area (Å²) in [7, 11) is 0. The molecule has 0 bridgehead atoms. The van der Waals surface area contributed by atoms with E-state index in [1.807, 2.05) is 18.2 Å². The molecule has 0 saturated heterocycles. The Morgan fingerprint density at radius 2 is 2.03 bits per heavy atom. The van der Waals surface area contributed by atoms with Crippen LogP contribution in [0.1, 0.15) is 36.4 Å². The van der Waals surface area contributed by atoms with Crippen molar-refractivity contribution in [3.8, 4) is 0 Å². The van der Waals surface area contributed by atoms with Gasteiger partial charge in [0.25, 0.3) is 5.69 Å². The first-order valence-electron chi connectivity index (χ1n) is 10.1. The Balaban J connectivity index is 1.45. The molecule has 8 nitrogen and oxygen atoms in total. The molecule has 162 valence electrons. The Kier molecular flexibility index (Phi) is 5.44. The molecule has 1 aliphatic heterocycles. The van der Waals surface area contributed by atoms with Crippen LogP contribution in [0.5, 0.6) is 0 Å². The molecule has 0 spiro atoms. The summed E-state index contributed by atoms with van der Waals surface area (Å²) in [5.41, 5.74) is 3.50. The van der Waals surface area contributed by atoms with Gasteiger partial charge in [-0.05, 0) is 36.1 Å². The summed E-state index contributed by atoms with van der Waals surface area (Å²) in [5, 5.41) is 20.0. The number of nitro groups is 1. The molecule has 1 aliphatic carbocycles. The molecule has 1 N–H and O–H groups in total. The predicted molar refractivity (Wildman–Crippen MR) is 122 cm³/mol. The summed E-state index contributed by atoms with van der Waals surface area (Å²) in [6.07, 6.45) is 2.11. The van der Waals surface area contributed by atoms with Gasteiger partial charge in [-0.25, -0.2) is 4.68 Å². The molecule has 32 heavy (non-hydrogen) atoms. The van der Waals surface area contributed by atoms with Crippen molar-refractivity contribution in [2.75, 3.05) is 5.32 Å². The highest BCUT2D eigenvalue weighted by atomic mass is 35.5. The molecule has 3 aromatic rings. The van der Waals surface area contributed by atoms with Crippen molar-refractivity contribution in [3.05, 3.63) is 86.1 Å². The van der Waals surface area contributed by atoms with Gasteiger partial charge in [-0.15, -0.1) is 5.10 Å². The lowest BCUT2D eigenvalue weighted by Crippen LogP contribution is -2.31. The molecule has 10 heteroatoms. The number of rotatable bonds is 5. The molecule has 5 rings (SSSR count). The lowest BCUT2D eigenvalue weighted by molar-refractivity contribution is -0.384. The molecular formula is C22H18ClN5O3S. The number of benzene rings is 2. The standard InChI is InChI=1S/C22H18ClN5O3S/c23-15-4-1-3-14(11-15)20-19-17(5-2-6-18(19)29)24-21-25-22(26-27(20)21)32-12-13-7-9-16(10-8-13)28(30)31/h1,3-4,7-11,20H,2,5-6,12H2,(H,24,25,26). The summed E-state index contributed by atoms with van der Waals surface area (Å²) in [5.74, 6) is 1.27. The van der Waals surface area contributed by atoms with E-state index >= 15 is 0 Å². The second kappa shape index (κ2) is 8.40. The van der Waals surface area contributed by atoms with E-state index in [0.29, 0.717) is 28.3 Å². The number of fused-ring (bicyclic) bond motifs is 1. The summed E-state index contributed by atoms with van der Waals surface area (Å²) in [6.45, 7) is 0. The average Bonchev–Trinajstić information content (AvgIpc) is 3.19. The quantitative estimate of drug-likeness (QED) is 0.314. The molecule has 0 radical (unpaired) electrons. The second-order valence-corrected chi connectivity index (χ2v) is 9.01. The fourth-order valence-corrected chi connectivity index (χ4v) is 5.03.